The van der Waals surface area contributed by atoms with Gasteiger partial charge >= 0.3 is 6.18 Å². The minimum Gasteiger partial charge on any atom is -0.264 e. The summed E-state index contributed by atoms with van der Waals surface area (Å²) < 4.78 is 79.7. The number of hydrogen-bond donors (Lipinski definition) is 0. The van der Waals surface area contributed by atoms with E-state index in [1.54, 1.807) is 0 Å². The van der Waals surface area contributed by atoms with Crippen molar-refractivity contribution in [1.29, 1.82) is 0 Å². The van der Waals surface area contributed by atoms with Crippen LogP contribution in [0.5, 0.6) is 0 Å². The molecule has 0 saturated heterocycles. The third-order valence-corrected chi connectivity index (χ3v) is 3.89. The number of hydrogen-bond acceptors (Lipinski definition) is 2. The molecule has 27 heavy (non-hydrogen) atoms. The Morgan fingerprint density at radius 3 is 2.15 bits per heavy atom. The highest BCUT2D eigenvalue weighted by molar-refractivity contribution is 5.73. The molecular formula is C19H12F6N2. The number of nitrogens with zero attached hydrogens (tertiary/aromatic N) is 2. The van der Waals surface area contributed by atoms with Crippen LogP contribution in [0.4, 0.5) is 26.3 Å². The van der Waals surface area contributed by atoms with Gasteiger partial charge in [0.25, 0.3) is 5.92 Å². The molecule has 8 heteroatoms. The fourth-order valence-corrected chi connectivity index (χ4v) is 2.63. The number of halogens is 6. The van der Waals surface area contributed by atoms with Crippen molar-refractivity contribution in [3.05, 3.63) is 71.9 Å². The molecule has 0 radical (unpaired) electrons. The number of rotatable bonds is 3. The minimum absolute atomic E-state index is 0.0256. The molecule has 0 bridgehead atoms. The molecule has 0 aliphatic heterocycles. The van der Waals surface area contributed by atoms with E-state index >= 15 is 0 Å². The second-order valence-electron chi connectivity index (χ2n) is 5.97. The molecule has 0 spiro atoms. The second-order valence-corrected chi connectivity index (χ2v) is 5.97. The van der Waals surface area contributed by atoms with Gasteiger partial charge < -0.3 is 0 Å². The Balaban J connectivity index is 2.09. The Kier molecular flexibility index (Phi) is 4.67. The number of benzene rings is 1. The van der Waals surface area contributed by atoms with Crippen molar-refractivity contribution in [2.24, 2.45) is 0 Å². The van der Waals surface area contributed by atoms with Crippen molar-refractivity contribution >= 4 is 0 Å². The zero-order valence-electron chi connectivity index (χ0n) is 13.9. The average Bonchev–Trinajstić information content (AvgIpc) is 2.60. The van der Waals surface area contributed by atoms with Crippen LogP contribution in [0.25, 0.3) is 22.4 Å². The first-order chi connectivity index (χ1) is 12.6. The molecule has 0 aliphatic rings. The standard InChI is InChI=1S/C19H12F6N2/c1-18(21,22)16-4-5-26-10-15(16)11-6-12(8-14(20)7-11)17-3-2-13(9-27-17)19(23,24)25/h2-10H,1H3. The zero-order valence-corrected chi connectivity index (χ0v) is 13.9. The molecule has 2 aromatic heterocycles. The highest BCUT2D eigenvalue weighted by atomic mass is 19.4. The lowest BCUT2D eigenvalue weighted by Gasteiger charge is -2.16. The van der Waals surface area contributed by atoms with Gasteiger partial charge in [-0.1, -0.05) is 0 Å². The molecule has 0 aliphatic carbocycles. The fourth-order valence-electron chi connectivity index (χ4n) is 2.63. The van der Waals surface area contributed by atoms with Gasteiger partial charge in [-0.25, -0.2) is 13.2 Å². The maximum absolute atomic E-state index is 14.1. The van der Waals surface area contributed by atoms with Gasteiger partial charge in [-0.15, -0.1) is 0 Å². The molecule has 2 nitrogen and oxygen atoms in total. The summed E-state index contributed by atoms with van der Waals surface area (Å²) in [6, 6.07) is 6.56. The van der Waals surface area contributed by atoms with E-state index in [2.05, 4.69) is 9.97 Å². The first kappa shape index (κ1) is 18.9. The van der Waals surface area contributed by atoms with E-state index in [0.717, 1.165) is 30.3 Å². The molecule has 3 aromatic rings. The van der Waals surface area contributed by atoms with E-state index in [-0.39, 0.29) is 27.9 Å². The van der Waals surface area contributed by atoms with Crippen molar-refractivity contribution in [2.45, 2.75) is 19.0 Å². The van der Waals surface area contributed by atoms with E-state index < -0.39 is 23.5 Å². The van der Waals surface area contributed by atoms with Gasteiger partial charge in [0.15, 0.2) is 0 Å². The highest BCUT2D eigenvalue weighted by Crippen LogP contribution is 2.37. The number of alkyl halides is 5. The Labute approximate surface area is 150 Å². The molecule has 0 fully saturated rings. The Bertz CT molecular complexity index is 959. The van der Waals surface area contributed by atoms with Gasteiger partial charge in [0, 0.05) is 42.2 Å². The van der Waals surface area contributed by atoms with E-state index in [9.17, 15) is 26.3 Å². The Hall–Kier alpha value is -2.90. The maximum Gasteiger partial charge on any atom is 0.417 e. The van der Waals surface area contributed by atoms with Gasteiger partial charge in [-0.3, -0.25) is 9.97 Å². The summed E-state index contributed by atoms with van der Waals surface area (Å²) in [6.07, 6.45) is -1.52. The molecule has 2 heterocycles. The topological polar surface area (TPSA) is 25.8 Å². The summed E-state index contributed by atoms with van der Waals surface area (Å²) in [5.41, 5.74) is -0.892. The quantitative estimate of drug-likeness (QED) is 0.513. The SMILES string of the molecule is CC(F)(F)c1ccncc1-c1cc(F)cc(-c2ccc(C(F)(F)F)cn2)c1. The van der Waals surface area contributed by atoms with Crippen molar-refractivity contribution in [3.8, 4) is 22.4 Å². The number of pyridine rings is 2. The van der Waals surface area contributed by atoms with Gasteiger partial charge in [-0.05, 0) is 42.0 Å². The monoisotopic (exact) mass is 382 g/mol. The molecule has 0 unspecified atom stereocenters. The predicted octanol–water partition coefficient (Wildman–Crippen LogP) is 6.08. The summed E-state index contributed by atoms with van der Waals surface area (Å²) in [5.74, 6) is -3.92. The van der Waals surface area contributed by atoms with Crippen LogP contribution in [-0.4, -0.2) is 9.97 Å². The molecule has 0 atom stereocenters. The van der Waals surface area contributed by atoms with Crippen LogP contribution in [0.2, 0.25) is 0 Å². The third kappa shape index (κ3) is 4.10. The van der Waals surface area contributed by atoms with E-state index in [4.69, 9.17) is 0 Å². The van der Waals surface area contributed by atoms with Crippen LogP contribution >= 0.6 is 0 Å². The molecule has 0 N–H and O–H groups in total. The van der Waals surface area contributed by atoms with E-state index in [1.807, 2.05) is 0 Å². The first-order valence-corrected chi connectivity index (χ1v) is 7.72. The van der Waals surface area contributed by atoms with Crippen molar-refractivity contribution < 1.29 is 26.3 Å². The van der Waals surface area contributed by atoms with Crippen LogP contribution in [-0.2, 0) is 12.1 Å². The maximum atomic E-state index is 14.1. The lowest BCUT2D eigenvalue weighted by Crippen LogP contribution is -2.09. The van der Waals surface area contributed by atoms with Gasteiger partial charge in [0.1, 0.15) is 5.82 Å². The van der Waals surface area contributed by atoms with E-state index in [0.29, 0.717) is 13.1 Å². The largest absolute Gasteiger partial charge is 0.417 e. The predicted molar refractivity (Wildman–Crippen MR) is 87.4 cm³/mol. The molecule has 0 saturated carbocycles. The highest BCUT2D eigenvalue weighted by Gasteiger charge is 2.31. The Morgan fingerprint density at radius 1 is 0.852 bits per heavy atom. The summed E-state index contributed by atoms with van der Waals surface area (Å²) in [6.45, 7) is 0.712. The first-order valence-electron chi connectivity index (χ1n) is 7.72. The summed E-state index contributed by atoms with van der Waals surface area (Å²) >= 11 is 0. The third-order valence-electron chi connectivity index (χ3n) is 3.89. The van der Waals surface area contributed by atoms with Crippen molar-refractivity contribution in [2.75, 3.05) is 0 Å². The lowest BCUT2D eigenvalue weighted by atomic mass is 9.96. The molecule has 1 aromatic carbocycles. The van der Waals surface area contributed by atoms with Crippen LogP contribution in [0.3, 0.4) is 0 Å². The van der Waals surface area contributed by atoms with Gasteiger partial charge in [0.05, 0.1) is 11.3 Å². The van der Waals surface area contributed by atoms with Crippen LogP contribution in [0, 0.1) is 5.82 Å². The van der Waals surface area contributed by atoms with Crippen LogP contribution in [0.1, 0.15) is 18.1 Å². The van der Waals surface area contributed by atoms with Gasteiger partial charge in [-0.2, -0.15) is 13.2 Å². The molecule has 140 valence electrons. The normalized spacial score (nSPS) is 12.3. The second kappa shape index (κ2) is 6.68. The smallest absolute Gasteiger partial charge is 0.264 e. The molecule has 0 amide bonds. The van der Waals surface area contributed by atoms with E-state index in [1.165, 1.54) is 18.5 Å². The average molecular weight is 382 g/mol. The Morgan fingerprint density at radius 2 is 1.56 bits per heavy atom. The number of aromatic nitrogens is 2. The van der Waals surface area contributed by atoms with Crippen molar-refractivity contribution in [1.82, 2.24) is 9.97 Å². The van der Waals surface area contributed by atoms with Crippen molar-refractivity contribution in [3.63, 3.8) is 0 Å². The van der Waals surface area contributed by atoms with Crippen LogP contribution < -0.4 is 0 Å². The summed E-state index contributed by atoms with van der Waals surface area (Å²) in [5, 5.41) is 0. The summed E-state index contributed by atoms with van der Waals surface area (Å²) in [4.78, 5) is 7.52. The molecule has 3 rings (SSSR count). The fraction of sp³-hybridized carbons (Fsp3) is 0.158. The molecular weight excluding hydrogens is 370 g/mol. The minimum atomic E-state index is -4.55. The summed E-state index contributed by atoms with van der Waals surface area (Å²) in [7, 11) is 0. The lowest BCUT2D eigenvalue weighted by molar-refractivity contribution is -0.137. The zero-order chi connectivity index (χ0) is 19.8. The van der Waals surface area contributed by atoms with Crippen LogP contribution in [0.15, 0.2) is 55.0 Å². The van der Waals surface area contributed by atoms with Gasteiger partial charge in [0.2, 0.25) is 0 Å².